The first-order chi connectivity index (χ1) is 58.6. The molecule has 0 aliphatic carbocycles. The van der Waals surface area contributed by atoms with E-state index in [1.807, 2.05) is 60.7 Å². The number of alkyl halides is 6. The smallest absolute Gasteiger partial charge is 0.508 e. The zero-order valence-corrected chi connectivity index (χ0v) is 65.2. The van der Waals surface area contributed by atoms with Gasteiger partial charge in [0, 0.05) is 99.5 Å². The van der Waals surface area contributed by atoms with E-state index in [4.69, 9.17) is 17.7 Å². The quantitative estimate of drug-likeness (QED) is 0.0418. The molecule has 121 heavy (non-hydrogen) atoms. The lowest BCUT2D eigenvalue weighted by atomic mass is 10.0. The number of furan rings is 4. The molecular weight excluding hydrogens is 1590 g/mol. The molecule has 16 aromatic carbocycles. The lowest BCUT2D eigenvalue weighted by Gasteiger charge is -2.26. The lowest BCUT2D eigenvalue weighted by Crippen LogP contribution is -2.29. The second kappa shape index (κ2) is 31.7. The SMILES string of the molecule is Cc1ccc(-c2ccc(N(c3ccc(-c4cccc5c4oc4ccccc45)cc3)c3ccc(-c4cccc5c4oc4ccccc45)cc3)cc2)cc1.O=S(=O)(OOOS(=O)(=O)C(F)(F)F)C(F)(F)F.Oc1ccc(-c2ccc(N(c3ccc(-c4cccc5c4oc4ccccc45)cc3)c3ccc(-c4cccc5c4oc4ccccc45)cc3)cc2)cc1. The van der Waals surface area contributed by atoms with Crippen LogP contribution < -0.4 is 9.80 Å². The van der Waals surface area contributed by atoms with Gasteiger partial charge in [0.05, 0.1) is 0 Å². The lowest BCUT2D eigenvalue weighted by molar-refractivity contribution is -0.413. The van der Waals surface area contributed by atoms with Gasteiger partial charge in [-0.3, -0.25) is 0 Å². The van der Waals surface area contributed by atoms with Crippen LogP contribution in [0, 0.1) is 6.92 Å². The van der Waals surface area contributed by atoms with Crippen LogP contribution in [0.5, 0.6) is 5.75 Å². The number of halogens is 6. The first-order valence-electron chi connectivity index (χ1n) is 37.9. The van der Waals surface area contributed by atoms with Gasteiger partial charge in [-0.25, -0.2) is 0 Å². The molecule has 0 radical (unpaired) electrons. The fourth-order valence-corrected chi connectivity index (χ4v) is 15.5. The van der Waals surface area contributed by atoms with Crippen LogP contribution in [-0.2, 0) is 33.9 Å². The summed E-state index contributed by atoms with van der Waals surface area (Å²) in [6, 6.07) is 127. The average molecular weight is 1650 g/mol. The van der Waals surface area contributed by atoms with Crippen molar-refractivity contribution in [3.8, 4) is 72.5 Å². The summed E-state index contributed by atoms with van der Waals surface area (Å²) in [7, 11) is -12.9. The van der Waals surface area contributed by atoms with E-state index in [0.717, 1.165) is 178 Å². The Hall–Kier alpha value is -14.5. The summed E-state index contributed by atoms with van der Waals surface area (Å²) in [6.45, 7) is 2.12. The van der Waals surface area contributed by atoms with Crippen LogP contribution in [0.2, 0.25) is 0 Å². The number of rotatable bonds is 16. The molecule has 0 fully saturated rings. The predicted octanol–water partition coefficient (Wildman–Crippen LogP) is 28.5. The Morgan fingerprint density at radius 1 is 0.256 bits per heavy atom. The fraction of sp³-hybridized carbons (Fsp3) is 0.0303. The Balaban J connectivity index is 0.000000140. The van der Waals surface area contributed by atoms with E-state index >= 15 is 0 Å². The number of hydrogen-bond acceptors (Lipinski definition) is 14. The van der Waals surface area contributed by atoms with Crippen molar-refractivity contribution >= 4 is 142 Å². The molecule has 0 saturated carbocycles. The molecule has 0 amide bonds. The third-order valence-electron chi connectivity index (χ3n) is 21.0. The van der Waals surface area contributed by atoms with Crippen molar-refractivity contribution in [1.82, 2.24) is 0 Å². The van der Waals surface area contributed by atoms with Crippen molar-refractivity contribution in [2.75, 3.05) is 9.80 Å². The van der Waals surface area contributed by atoms with Crippen LogP contribution in [-0.4, -0.2) is 33.0 Å². The second-order valence-electron chi connectivity index (χ2n) is 28.5. The Kier molecular flexibility index (Phi) is 20.4. The number of aryl methyl sites for hydroxylation is 1. The van der Waals surface area contributed by atoms with Crippen molar-refractivity contribution in [3.63, 3.8) is 0 Å². The van der Waals surface area contributed by atoms with Gasteiger partial charge in [0.25, 0.3) is 0 Å². The van der Waals surface area contributed by atoms with Crippen molar-refractivity contribution in [1.29, 1.82) is 0 Å². The number of anilines is 6. The van der Waals surface area contributed by atoms with Crippen molar-refractivity contribution in [2.24, 2.45) is 0 Å². The van der Waals surface area contributed by atoms with E-state index in [1.165, 1.54) is 16.7 Å². The largest absolute Gasteiger partial charge is 0.525 e. The van der Waals surface area contributed by atoms with Crippen molar-refractivity contribution < 1.29 is 79.7 Å². The van der Waals surface area contributed by atoms with Gasteiger partial charge in [-0.1, -0.05) is 269 Å². The van der Waals surface area contributed by atoms with Gasteiger partial charge in [-0.05, 0) is 166 Å². The van der Waals surface area contributed by atoms with Crippen LogP contribution in [0.1, 0.15) is 5.56 Å². The van der Waals surface area contributed by atoms with Gasteiger partial charge in [0.15, 0.2) is 0 Å². The summed E-state index contributed by atoms with van der Waals surface area (Å²) >= 11 is 0. The van der Waals surface area contributed by atoms with Crippen molar-refractivity contribution in [2.45, 2.75) is 17.9 Å². The maximum Gasteiger partial charge on any atom is 0.525 e. The topological polar surface area (TPSA) is 175 Å². The molecule has 20 rings (SSSR count). The van der Waals surface area contributed by atoms with Gasteiger partial charge in [-0.2, -0.15) is 43.2 Å². The van der Waals surface area contributed by atoms with Gasteiger partial charge in [0.2, 0.25) is 0 Å². The highest BCUT2D eigenvalue weighted by molar-refractivity contribution is 7.88. The highest BCUT2D eigenvalue weighted by Crippen LogP contribution is 2.46. The van der Waals surface area contributed by atoms with Gasteiger partial charge >= 0.3 is 31.3 Å². The van der Waals surface area contributed by atoms with Gasteiger partial charge in [-0.15, -0.1) is 0 Å². The summed E-state index contributed by atoms with van der Waals surface area (Å²) < 4.78 is 139. The minimum absolute atomic E-state index is 0.256. The molecule has 0 bridgehead atoms. The molecule has 0 unspecified atom stereocenters. The maximum atomic E-state index is 11.5. The molecule has 0 spiro atoms. The van der Waals surface area contributed by atoms with Crippen LogP contribution in [0.25, 0.3) is 155 Å². The van der Waals surface area contributed by atoms with E-state index in [2.05, 4.69) is 322 Å². The number of phenolic OH excluding ortho intramolecular Hbond substituents is 1. The molecule has 596 valence electrons. The zero-order chi connectivity index (χ0) is 83.3. The zero-order valence-electron chi connectivity index (χ0n) is 63.6. The number of hydrogen-bond donors (Lipinski definition) is 1. The van der Waals surface area contributed by atoms with E-state index in [1.54, 1.807) is 12.1 Å². The molecule has 4 aromatic heterocycles. The Bertz CT molecular complexity index is 6720. The van der Waals surface area contributed by atoms with E-state index in [0.29, 0.717) is 0 Å². The molecule has 22 heteroatoms. The first kappa shape index (κ1) is 77.7. The molecule has 0 aliphatic heterocycles. The molecule has 20 aromatic rings. The molecule has 0 atom stereocenters. The van der Waals surface area contributed by atoms with E-state index < -0.39 is 31.3 Å². The molecule has 1 N–H and O–H groups in total. The van der Waals surface area contributed by atoms with Crippen molar-refractivity contribution in [3.05, 3.63) is 370 Å². The third kappa shape index (κ3) is 15.3. The van der Waals surface area contributed by atoms with E-state index in [-0.39, 0.29) is 5.75 Å². The maximum absolute atomic E-state index is 11.5. The minimum Gasteiger partial charge on any atom is -0.508 e. The summed E-state index contributed by atoms with van der Waals surface area (Å²) in [5.41, 5.74) is 15.9. The number of phenols is 1. The summed E-state index contributed by atoms with van der Waals surface area (Å²) in [4.78, 5) is 4.59. The Morgan fingerprint density at radius 3 is 0.702 bits per heavy atom. The number of aromatic hydroxyl groups is 1. The molecule has 4 heterocycles. The highest BCUT2D eigenvalue weighted by Gasteiger charge is 2.52. The molecule has 0 saturated heterocycles. The number of nitrogens with zero attached hydrogens (tertiary/aromatic N) is 2. The monoisotopic (exact) mass is 1650 g/mol. The molecule has 0 aliphatic rings. The van der Waals surface area contributed by atoms with E-state index in [9.17, 15) is 48.3 Å². The third-order valence-corrected chi connectivity index (χ3v) is 22.6. The average Bonchev–Trinajstić information content (AvgIpc) is 1.10. The normalized spacial score (nSPS) is 12.0. The second-order valence-corrected chi connectivity index (χ2v) is 31.5. The van der Waals surface area contributed by atoms with Gasteiger partial charge in [0.1, 0.15) is 50.4 Å². The number of benzene rings is 16. The molecule has 14 nitrogen and oxygen atoms in total. The Morgan fingerprint density at radius 2 is 0.463 bits per heavy atom. The molecular formula is C99H64F6N2O12S2. The number of fused-ring (bicyclic) bond motifs is 12. The van der Waals surface area contributed by atoms with Crippen LogP contribution in [0.3, 0.4) is 0 Å². The van der Waals surface area contributed by atoms with Gasteiger partial charge < -0.3 is 32.6 Å². The summed E-state index contributed by atoms with van der Waals surface area (Å²) in [6.07, 6.45) is 0. The first-order valence-corrected chi connectivity index (χ1v) is 40.7. The highest BCUT2D eigenvalue weighted by atomic mass is 32.2. The van der Waals surface area contributed by atoms with Crippen LogP contribution >= 0.6 is 0 Å². The summed E-state index contributed by atoms with van der Waals surface area (Å²) in [5.74, 6) is 0.256. The predicted molar refractivity (Wildman–Crippen MR) is 464 cm³/mol. The minimum atomic E-state index is -6.44. The van der Waals surface area contributed by atoms with Crippen LogP contribution in [0.15, 0.2) is 382 Å². The summed E-state index contributed by atoms with van der Waals surface area (Å²) in [5, 5.41) is 21.2. The Labute approximate surface area is 687 Å². The fourth-order valence-electron chi connectivity index (χ4n) is 15.1. The van der Waals surface area contributed by atoms with Crippen LogP contribution in [0.4, 0.5) is 60.5 Å². The number of para-hydroxylation sites is 8. The standard InChI is InChI=1S/C49H33NO2.C48H31NO3.C2F6O7S2/c1-32-16-18-33(19-17-32)34-20-26-37(27-21-34)50(38-28-22-35(23-29-38)40-10-6-12-44-42-8-2-4-14-46(42)51-48(40)44)39-30-24-36(25-31-39)41-11-7-13-45-43-9-3-5-15-47(43)52-49(41)45;50-38-29-21-32(22-30-38)31-15-23-35(24-16-31)49(36-25-17-33(18-26-36)39-9-5-11-43-41-7-1-3-13-45(41)51-47(39)43)37-27-19-34(20-28-37)40-10-6-12-44-42-8-2-4-14-46(42)52-48(40)44;3-1(4,5)16(9,10)14-13-15-17(11,12)2(6,7)8/h2-31H,1H3;1-30,50H;.